The minimum absolute atomic E-state index is 0.128. The van der Waals surface area contributed by atoms with Crippen molar-refractivity contribution in [2.45, 2.75) is 24.5 Å². The van der Waals surface area contributed by atoms with Crippen molar-refractivity contribution >= 4 is 33.0 Å². The van der Waals surface area contributed by atoms with Gasteiger partial charge in [-0.05, 0) is 43.5 Å². The molecule has 0 aliphatic rings. The van der Waals surface area contributed by atoms with Crippen molar-refractivity contribution in [3.8, 4) is 0 Å². The van der Waals surface area contributed by atoms with Crippen LogP contribution in [0.15, 0.2) is 22.4 Å². The fraction of sp³-hybridized carbons (Fsp3) is 0.308. The predicted octanol–water partition coefficient (Wildman–Crippen LogP) is 3.07. The van der Waals surface area contributed by atoms with Gasteiger partial charge in [-0.2, -0.15) is 0 Å². The van der Waals surface area contributed by atoms with Crippen molar-refractivity contribution in [2.24, 2.45) is 0 Å². The maximum atomic E-state index is 13.0. The van der Waals surface area contributed by atoms with Gasteiger partial charge in [-0.25, -0.2) is 22.5 Å². The number of thiazole rings is 1. The molecule has 21 heavy (non-hydrogen) atoms. The van der Waals surface area contributed by atoms with Crippen LogP contribution in [0.4, 0.5) is 4.39 Å². The van der Waals surface area contributed by atoms with Crippen LogP contribution in [0.25, 0.3) is 0 Å². The summed E-state index contributed by atoms with van der Waals surface area (Å²) in [6.45, 7) is 3.62. The number of nitrogens with zero attached hydrogens (tertiary/aromatic N) is 1. The molecule has 1 heterocycles. The van der Waals surface area contributed by atoms with Gasteiger partial charge in [-0.15, -0.1) is 0 Å². The lowest BCUT2D eigenvalue weighted by Crippen LogP contribution is -2.26. The summed E-state index contributed by atoms with van der Waals surface area (Å²) in [5.74, 6) is -0.299. The summed E-state index contributed by atoms with van der Waals surface area (Å²) in [5.41, 5.74) is 2.08. The van der Waals surface area contributed by atoms with Crippen LogP contribution < -0.4 is 4.72 Å². The first-order chi connectivity index (χ1) is 9.79. The second-order valence-corrected chi connectivity index (χ2v) is 8.10. The molecule has 0 unspecified atom stereocenters. The SMILES string of the molecule is Cc1cc(F)ccc1CCNS(=O)(=O)c1sc(Cl)nc1C. The summed E-state index contributed by atoms with van der Waals surface area (Å²) in [4.78, 5) is 3.89. The Balaban J connectivity index is 2.04. The van der Waals surface area contributed by atoms with Gasteiger partial charge in [-0.1, -0.05) is 29.0 Å². The normalized spacial score (nSPS) is 11.8. The molecule has 114 valence electrons. The van der Waals surface area contributed by atoms with Gasteiger partial charge in [0.2, 0.25) is 0 Å². The Morgan fingerprint density at radius 2 is 2.10 bits per heavy atom. The second kappa shape index (κ2) is 6.39. The number of halogens is 2. The fourth-order valence-electron chi connectivity index (χ4n) is 1.93. The summed E-state index contributed by atoms with van der Waals surface area (Å²) < 4.78 is 40.1. The number of hydrogen-bond donors (Lipinski definition) is 1. The van der Waals surface area contributed by atoms with E-state index in [4.69, 9.17) is 11.6 Å². The Labute approximate surface area is 132 Å². The smallest absolute Gasteiger partial charge is 0.229 e. The van der Waals surface area contributed by atoms with E-state index in [0.29, 0.717) is 12.1 Å². The maximum Gasteiger partial charge on any atom is 0.251 e. The van der Waals surface area contributed by atoms with Crippen LogP contribution in [0, 0.1) is 19.7 Å². The standard InChI is InChI=1S/C13H14ClFN2O2S2/c1-8-7-11(15)4-3-10(8)5-6-16-21(18,19)12-9(2)17-13(14)20-12/h3-4,7,16H,5-6H2,1-2H3. The van der Waals surface area contributed by atoms with Crippen LogP contribution in [0.2, 0.25) is 4.47 Å². The van der Waals surface area contributed by atoms with E-state index >= 15 is 0 Å². The first kappa shape index (κ1) is 16.4. The Morgan fingerprint density at radius 1 is 1.38 bits per heavy atom. The average molecular weight is 349 g/mol. The van der Waals surface area contributed by atoms with Crippen molar-refractivity contribution in [3.63, 3.8) is 0 Å². The molecule has 4 nitrogen and oxygen atoms in total. The lowest BCUT2D eigenvalue weighted by atomic mass is 10.1. The monoisotopic (exact) mass is 348 g/mol. The summed E-state index contributed by atoms with van der Waals surface area (Å²) >= 11 is 6.64. The van der Waals surface area contributed by atoms with Crippen LogP contribution in [0.5, 0.6) is 0 Å². The first-order valence-corrected chi connectivity index (χ1v) is 8.85. The summed E-state index contributed by atoms with van der Waals surface area (Å²) in [6.07, 6.45) is 0.483. The molecule has 0 aliphatic carbocycles. The summed E-state index contributed by atoms with van der Waals surface area (Å²) in [7, 11) is -3.61. The lowest BCUT2D eigenvalue weighted by molar-refractivity contribution is 0.582. The molecule has 0 saturated carbocycles. The number of aromatic nitrogens is 1. The van der Waals surface area contributed by atoms with Crippen molar-refractivity contribution in [1.82, 2.24) is 9.71 Å². The Kier molecular flexibility index (Phi) is 4.98. The van der Waals surface area contributed by atoms with Crippen molar-refractivity contribution in [2.75, 3.05) is 6.54 Å². The highest BCUT2D eigenvalue weighted by Gasteiger charge is 2.20. The average Bonchev–Trinajstić information content (AvgIpc) is 2.72. The third-order valence-corrected chi connectivity index (χ3v) is 6.30. The van der Waals surface area contributed by atoms with E-state index in [9.17, 15) is 12.8 Å². The van der Waals surface area contributed by atoms with Crippen LogP contribution >= 0.6 is 22.9 Å². The second-order valence-electron chi connectivity index (χ2n) is 4.56. The molecule has 1 N–H and O–H groups in total. The quantitative estimate of drug-likeness (QED) is 0.903. The minimum Gasteiger partial charge on any atom is -0.229 e. The summed E-state index contributed by atoms with van der Waals surface area (Å²) in [6, 6.07) is 4.45. The number of benzene rings is 1. The number of hydrogen-bond acceptors (Lipinski definition) is 4. The number of aryl methyl sites for hydroxylation is 2. The molecule has 1 aromatic carbocycles. The van der Waals surface area contributed by atoms with Crippen LogP contribution in [0.1, 0.15) is 16.8 Å². The minimum atomic E-state index is -3.61. The summed E-state index contributed by atoms with van der Waals surface area (Å²) in [5, 5.41) is 0. The first-order valence-electron chi connectivity index (χ1n) is 6.17. The fourth-order valence-corrected chi connectivity index (χ4v) is 4.74. The van der Waals surface area contributed by atoms with E-state index < -0.39 is 10.0 Å². The van der Waals surface area contributed by atoms with E-state index in [0.717, 1.165) is 22.5 Å². The Hall–Kier alpha value is -1.02. The van der Waals surface area contributed by atoms with Gasteiger partial charge in [0.1, 0.15) is 5.82 Å². The van der Waals surface area contributed by atoms with Gasteiger partial charge in [0.25, 0.3) is 10.0 Å². The molecule has 0 bridgehead atoms. The predicted molar refractivity (Wildman–Crippen MR) is 81.9 cm³/mol. The van der Waals surface area contributed by atoms with Gasteiger partial charge >= 0.3 is 0 Å². The molecule has 2 aromatic rings. The van der Waals surface area contributed by atoms with E-state index in [-0.39, 0.29) is 21.0 Å². The zero-order valence-electron chi connectivity index (χ0n) is 11.5. The van der Waals surface area contributed by atoms with E-state index in [1.807, 2.05) is 0 Å². The third-order valence-electron chi connectivity index (χ3n) is 2.96. The molecule has 2 rings (SSSR count). The molecular weight excluding hydrogens is 335 g/mol. The number of sulfonamides is 1. The van der Waals surface area contributed by atoms with Gasteiger partial charge in [0.05, 0.1) is 5.69 Å². The van der Waals surface area contributed by atoms with Gasteiger partial charge in [-0.3, -0.25) is 0 Å². The molecule has 0 saturated heterocycles. The zero-order valence-corrected chi connectivity index (χ0v) is 13.9. The molecule has 0 atom stereocenters. The molecule has 0 aliphatic heterocycles. The van der Waals surface area contributed by atoms with Crippen LogP contribution in [-0.2, 0) is 16.4 Å². The molecular formula is C13H14ClFN2O2S2. The van der Waals surface area contributed by atoms with Gasteiger partial charge in [0, 0.05) is 6.54 Å². The van der Waals surface area contributed by atoms with E-state index in [1.54, 1.807) is 19.9 Å². The largest absolute Gasteiger partial charge is 0.251 e. The molecule has 8 heteroatoms. The molecule has 0 fully saturated rings. The van der Waals surface area contributed by atoms with Gasteiger partial charge in [0.15, 0.2) is 8.68 Å². The Bertz CT molecular complexity index is 760. The molecule has 0 radical (unpaired) electrons. The van der Waals surface area contributed by atoms with E-state index in [2.05, 4.69) is 9.71 Å². The lowest BCUT2D eigenvalue weighted by Gasteiger charge is -2.08. The highest BCUT2D eigenvalue weighted by Crippen LogP contribution is 2.26. The van der Waals surface area contributed by atoms with Crippen molar-refractivity contribution in [3.05, 3.63) is 45.3 Å². The topological polar surface area (TPSA) is 59.1 Å². The maximum absolute atomic E-state index is 13.0. The highest BCUT2D eigenvalue weighted by atomic mass is 35.5. The molecule has 0 spiro atoms. The number of nitrogens with one attached hydrogen (secondary N) is 1. The van der Waals surface area contributed by atoms with Crippen molar-refractivity contribution in [1.29, 1.82) is 0 Å². The van der Waals surface area contributed by atoms with Crippen molar-refractivity contribution < 1.29 is 12.8 Å². The molecule has 1 aromatic heterocycles. The third kappa shape index (κ3) is 4.00. The number of rotatable bonds is 5. The van der Waals surface area contributed by atoms with Crippen LogP contribution in [-0.4, -0.2) is 19.9 Å². The molecule has 0 amide bonds. The zero-order chi connectivity index (χ0) is 15.6. The van der Waals surface area contributed by atoms with Crippen LogP contribution in [0.3, 0.4) is 0 Å². The van der Waals surface area contributed by atoms with Gasteiger partial charge < -0.3 is 0 Å². The Morgan fingerprint density at radius 3 is 2.67 bits per heavy atom. The van der Waals surface area contributed by atoms with E-state index in [1.165, 1.54) is 12.1 Å². The highest BCUT2D eigenvalue weighted by molar-refractivity contribution is 7.91.